The van der Waals surface area contributed by atoms with Crippen LogP contribution in [-0.4, -0.2) is 38.1 Å². The molecular formula is C18H19N5O2. The van der Waals surface area contributed by atoms with E-state index in [4.69, 9.17) is 4.74 Å². The van der Waals surface area contributed by atoms with Crippen molar-refractivity contribution in [2.75, 3.05) is 6.61 Å². The first-order valence-corrected chi connectivity index (χ1v) is 8.34. The van der Waals surface area contributed by atoms with Gasteiger partial charge in [0.2, 0.25) is 0 Å². The molecule has 0 saturated heterocycles. The van der Waals surface area contributed by atoms with Gasteiger partial charge in [0.1, 0.15) is 24.4 Å². The van der Waals surface area contributed by atoms with E-state index in [1.165, 1.54) is 6.33 Å². The van der Waals surface area contributed by atoms with Crippen LogP contribution in [0.1, 0.15) is 41.5 Å². The Morgan fingerprint density at radius 2 is 2.20 bits per heavy atom. The molecule has 0 radical (unpaired) electrons. The molecule has 1 atom stereocenters. The number of hydrogen-bond acceptors (Lipinski definition) is 5. The van der Waals surface area contributed by atoms with Crippen molar-refractivity contribution in [1.82, 2.24) is 24.9 Å². The number of carbonyl (C=O) groups is 1. The van der Waals surface area contributed by atoms with Gasteiger partial charge in [0.05, 0.1) is 11.7 Å². The summed E-state index contributed by atoms with van der Waals surface area (Å²) >= 11 is 0. The minimum atomic E-state index is -0.222. The summed E-state index contributed by atoms with van der Waals surface area (Å²) in [4.78, 5) is 21.1. The maximum Gasteiger partial charge on any atom is 0.270 e. The topological polar surface area (TPSA) is 81.4 Å². The molecule has 1 unspecified atom stereocenters. The number of aromatic nitrogens is 4. The summed E-state index contributed by atoms with van der Waals surface area (Å²) in [5, 5.41) is 7.19. The largest absolute Gasteiger partial charge is 0.491 e. The SMILES string of the molecule is CC(C)c1cc(C(=O)NC2COc3ccccc3C2)nc2ncnn12. The monoisotopic (exact) mass is 337 g/mol. The van der Waals surface area contributed by atoms with Gasteiger partial charge < -0.3 is 10.1 Å². The van der Waals surface area contributed by atoms with Crippen LogP contribution in [0.25, 0.3) is 5.78 Å². The van der Waals surface area contributed by atoms with E-state index in [2.05, 4.69) is 20.4 Å². The van der Waals surface area contributed by atoms with Crippen molar-refractivity contribution >= 4 is 11.7 Å². The van der Waals surface area contributed by atoms with Crippen molar-refractivity contribution in [2.45, 2.75) is 32.2 Å². The van der Waals surface area contributed by atoms with E-state index in [0.717, 1.165) is 23.4 Å². The molecule has 4 rings (SSSR count). The Hall–Kier alpha value is -2.96. The second-order valence-electron chi connectivity index (χ2n) is 6.49. The van der Waals surface area contributed by atoms with Gasteiger partial charge in [-0.15, -0.1) is 0 Å². The number of rotatable bonds is 3. The molecule has 0 saturated carbocycles. The van der Waals surface area contributed by atoms with E-state index in [1.807, 2.05) is 38.1 Å². The molecule has 0 spiro atoms. The van der Waals surface area contributed by atoms with Gasteiger partial charge in [-0.25, -0.2) is 9.50 Å². The summed E-state index contributed by atoms with van der Waals surface area (Å²) < 4.78 is 7.40. The summed E-state index contributed by atoms with van der Waals surface area (Å²) in [7, 11) is 0. The molecule has 7 heteroatoms. The molecule has 0 aliphatic carbocycles. The normalized spacial score (nSPS) is 16.5. The molecule has 3 aromatic rings. The average Bonchev–Trinajstić information content (AvgIpc) is 3.09. The van der Waals surface area contributed by atoms with Crippen molar-refractivity contribution in [3.8, 4) is 5.75 Å². The van der Waals surface area contributed by atoms with Crippen LogP contribution in [-0.2, 0) is 6.42 Å². The Kier molecular flexibility index (Phi) is 3.83. The summed E-state index contributed by atoms with van der Waals surface area (Å²) in [5.41, 5.74) is 2.35. The van der Waals surface area contributed by atoms with Gasteiger partial charge in [-0.3, -0.25) is 4.79 Å². The first-order chi connectivity index (χ1) is 12.1. The number of amides is 1. The molecular weight excluding hydrogens is 318 g/mol. The summed E-state index contributed by atoms with van der Waals surface area (Å²) in [6.07, 6.45) is 2.19. The van der Waals surface area contributed by atoms with E-state index in [-0.39, 0.29) is 17.9 Å². The number of benzene rings is 1. The smallest absolute Gasteiger partial charge is 0.270 e. The number of hydrogen-bond donors (Lipinski definition) is 1. The molecule has 3 heterocycles. The van der Waals surface area contributed by atoms with Crippen LogP contribution in [0, 0.1) is 0 Å². The Morgan fingerprint density at radius 3 is 3.04 bits per heavy atom. The number of nitrogens with one attached hydrogen (secondary N) is 1. The Labute approximate surface area is 145 Å². The molecule has 1 aromatic carbocycles. The fraction of sp³-hybridized carbons (Fsp3) is 0.333. The average molecular weight is 337 g/mol. The summed E-state index contributed by atoms with van der Waals surface area (Å²) in [6.45, 7) is 4.54. The molecule has 0 bridgehead atoms. The third kappa shape index (κ3) is 2.93. The minimum absolute atomic E-state index is 0.0826. The maximum absolute atomic E-state index is 12.7. The van der Waals surface area contributed by atoms with E-state index in [9.17, 15) is 4.79 Å². The van der Waals surface area contributed by atoms with Gasteiger partial charge in [0.25, 0.3) is 11.7 Å². The lowest BCUT2D eigenvalue weighted by Crippen LogP contribution is -2.43. The fourth-order valence-electron chi connectivity index (χ4n) is 3.04. The standard InChI is InChI=1S/C18H19N5O2/c1-11(2)15-8-14(22-18-19-10-20-23(15)18)17(24)21-13-7-12-5-3-4-6-16(12)25-9-13/h3-6,8,10-11,13H,7,9H2,1-2H3,(H,21,24). The van der Waals surface area contributed by atoms with Crippen molar-refractivity contribution in [2.24, 2.45) is 0 Å². The minimum Gasteiger partial charge on any atom is -0.491 e. The lowest BCUT2D eigenvalue weighted by Gasteiger charge is -2.26. The van der Waals surface area contributed by atoms with Gasteiger partial charge in [-0.2, -0.15) is 10.1 Å². The number of fused-ring (bicyclic) bond motifs is 2. The molecule has 1 N–H and O–H groups in total. The van der Waals surface area contributed by atoms with Crippen LogP contribution in [0.5, 0.6) is 5.75 Å². The zero-order chi connectivity index (χ0) is 17.4. The van der Waals surface area contributed by atoms with Crippen molar-refractivity contribution in [3.05, 3.63) is 53.6 Å². The van der Waals surface area contributed by atoms with Crippen LogP contribution >= 0.6 is 0 Å². The van der Waals surface area contributed by atoms with Crippen LogP contribution in [0.3, 0.4) is 0 Å². The lowest BCUT2D eigenvalue weighted by atomic mass is 10.0. The van der Waals surface area contributed by atoms with Crippen LogP contribution in [0.2, 0.25) is 0 Å². The van der Waals surface area contributed by atoms with Gasteiger partial charge in [0, 0.05) is 0 Å². The zero-order valence-corrected chi connectivity index (χ0v) is 14.1. The highest BCUT2D eigenvalue weighted by Crippen LogP contribution is 2.24. The number of ether oxygens (including phenoxy) is 1. The highest BCUT2D eigenvalue weighted by molar-refractivity contribution is 5.93. The quantitative estimate of drug-likeness (QED) is 0.790. The molecule has 1 aliphatic heterocycles. The molecule has 1 amide bonds. The predicted molar refractivity (Wildman–Crippen MR) is 91.8 cm³/mol. The number of para-hydroxylation sites is 1. The number of carbonyl (C=O) groups excluding carboxylic acids is 1. The third-order valence-corrected chi connectivity index (χ3v) is 4.32. The molecule has 25 heavy (non-hydrogen) atoms. The van der Waals surface area contributed by atoms with E-state index in [1.54, 1.807) is 10.6 Å². The molecule has 7 nitrogen and oxygen atoms in total. The Balaban J connectivity index is 1.57. The lowest BCUT2D eigenvalue weighted by molar-refractivity contribution is 0.0910. The third-order valence-electron chi connectivity index (χ3n) is 4.32. The van der Waals surface area contributed by atoms with Crippen molar-refractivity contribution in [3.63, 3.8) is 0 Å². The van der Waals surface area contributed by atoms with Crippen LogP contribution in [0.4, 0.5) is 0 Å². The Bertz CT molecular complexity index is 934. The van der Waals surface area contributed by atoms with E-state index in [0.29, 0.717) is 18.1 Å². The molecule has 2 aromatic heterocycles. The van der Waals surface area contributed by atoms with Gasteiger partial charge >= 0.3 is 0 Å². The fourth-order valence-corrected chi connectivity index (χ4v) is 3.04. The highest BCUT2D eigenvalue weighted by Gasteiger charge is 2.23. The zero-order valence-electron chi connectivity index (χ0n) is 14.1. The van der Waals surface area contributed by atoms with Crippen molar-refractivity contribution < 1.29 is 9.53 Å². The van der Waals surface area contributed by atoms with E-state index >= 15 is 0 Å². The molecule has 1 aliphatic rings. The summed E-state index contributed by atoms with van der Waals surface area (Å²) in [5.74, 6) is 1.30. The van der Waals surface area contributed by atoms with Crippen LogP contribution in [0.15, 0.2) is 36.7 Å². The molecule has 0 fully saturated rings. The van der Waals surface area contributed by atoms with Gasteiger partial charge in [-0.05, 0) is 30.0 Å². The number of nitrogens with zero attached hydrogens (tertiary/aromatic N) is 4. The van der Waals surface area contributed by atoms with Crippen LogP contribution < -0.4 is 10.1 Å². The molecule has 128 valence electrons. The van der Waals surface area contributed by atoms with E-state index < -0.39 is 0 Å². The summed E-state index contributed by atoms with van der Waals surface area (Å²) in [6, 6.07) is 9.58. The second kappa shape index (κ2) is 6.16. The maximum atomic E-state index is 12.7. The van der Waals surface area contributed by atoms with Crippen molar-refractivity contribution in [1.29, 1.82) is 0 Å². The highest BCUT2D eigenvalue weighted by atomic mass is 16.5. The first-order valence-electron chi connectivity index (χ1n) is 8.34. The first kappa shape index (κ1) is 15.6. The predicted octanol–water partition coefficient (Wildman–Crippen LogP) is 1.98. The Morgan fingerprint density at radius 1 is 1.36 bits per heavy atom. The van der Waals surface area contributed by atoms with Gasteiger partial charge in [0.15, 0.2) is 0 Å². The van der Waals surface area contributed by atoms with Gasteiger partial charge in [-0.1, -0.05) is 32.0 Å². The second-order valence-corrected chi connectivity index (χ2v) is 6.49.